The summed E-state index contributed by atoms with van der Waals surface area (Å²) in [5, 5.41) is 4.02. The zero-order valence-corrected chi connectivity index (χ0v) is 14.9. The predicted octanol–water partition coefficient (Wildman–Crippen LogP) is 1.99. The maximum Gasteiger partial charge on any atom is 0.274 e. The van der Waals surface area contributed by atoms with Crippen molar-refractivity contribution < 1.29 is 23.9 Å². The van der Waals surface area contributed by atoms with Gasteiger partial charge in [0.2, 0.25) is 12.0 Å². The molecule has 0 aromatic heterocycles. The van der Waals surface area contributed by atoms with Gasteiger partial charge >= 0.3 is 0 Å². The Morgan fingerprint density at radius 1 is 1.04 bits per heavy atom. The van der Waals surface area contributed by atoms with Gasteiger partial charge in [-0.1, -0.05) is 35.5 Å². The second kappa shape index (κ2) is 6.75. The first kappa shape index (κ1) is 17.1. The number of carbonyl (C=O) groups excluding carboxylic acids is 2. The first-order valence-corrected chi connectivity index (χ1v) is 8.49. The fourth-order valence-electron chi connectivity index (χ4n) is 3.39. The van der Waals surface area contributed by atoms with E-state index in [9.17, 15) is 9.59 Å². The van der Waals surface area contributed by atoms with E-state index in [1.807, 2.05) is 30.3 Å². The lowest BCUT2D eigenvalue weighted by Gasteiger charge is -2.16. The number of likely N-dealkylation sites (tertiary alicyclic amines) is 1. The molecule has 0 N–H and O–H groups in total. The van der Waals surface area contributed by atoms with Gasteiger partial charge in [0.25, 0.3) is 5.91 Å². The predicted molar refractivity (Wildman–Crippen MR) is 96.4 cm³/mol. The molecule has 4 rings (SSSR count). The first-order valence-electron chi connectivity index (χ1n) is 8.49. The van der Waals surface area contributed by atoms with Crippen LogP contribution in [0.25, 0.3) is 0 Å². The Bertz CT molecular complexity index is 925. The Balaban J connectivity index is 1.64. The molecule has 1 saturated heterocycles. The Hall–Kier alpha value is -3.35. The van der Waals surface area contributed by atoms with Gasteiger partial charge in [-0.05, 0) is 17.7 Å². The maximum absolute atomic E-state index is 13.0. The van der Waals surface area contributed by atoms with Crippen molar-refractivity contribution in [3.63, 3.8) is 0 Å². The molecule has 2 heterocycles. The fraction of sp³-hybridized carbons (Fsp3) is 0.250. The van der Waals surface area contributed by atoms with Gasteiger partial charge in [0.15, 0.2) is 0 Å². The van der Waals surface area contributed by atoms with Crippen LogP contribution in [0.1, 0.15) is 11.1 Å². The van der Waals surface area contributed by atoms with Crippen molar-refractivity contribution in [1.29, 1.82) is 0 Å². The number of methoxy groups -OCH3 is 2. The van der Waals surface area contributed by atoms with Crippen LogP contribution in [-0.2, 0) is 21.0 Å². The largest absolute Gasteiger partial charge is 0.497 e. The van der Waals surface area contributed by atoms with Crippen LogP contribution in [0.3, 0.4) is 0 Å². The number of carbonyl (C=O) groups is 2. The number of nitrogens with zero attached hydrogens (tertiary/aromatic N) is 2. The van der Waals surface area contributed by atoms with Crippen molar-refractivity contribution in [1.82, 2.24) is 4.90 Å². The number of fused-ring (bicyclic) bond motifs is 1. The molecule has 0 radical (unpaired) electrons. The van der Waals surface area contributed by atoms with E-state index in [1.165, 1.54) is 12.0 Å². The van der Waals surface area contributed by atoms with Gasteiger partial charge in [-0.15, -0.1) is 0 Å². The molecule has 2 aliphatic heterocycles. The number of benzene rings is 2. The van der Waals surface area contributed by atoms with Crippen LogP contribution in [0, 0.1) is 5.92 Å². The average Bonchev–Trinajstić information content (AvgIpc) is 3.24. The summed E-state index contributed by atoms with van der Waals surface area (Å²) in [7, 11) is 3.08. The smallest absolute Gasteiger partial charge is 0.274 e. The van der Waals surface area contributed by atoms with Crippen molar-refractivity contribution in [2.75, 3.05) is 14.2 Å². The minimum atomic E-state index is -0.928. The van der Waals surface area contributed by atoms with E-state index in [4.69, 9.17) is 14.3 Å². The SMILES string of the molecule is COc1ccc(C2=NO[C@@H]3C(=O)N(Cc4ccccc4)C(=O)[C@H]23)c(OC)c1. The minimum Gasteiger partial charge on any atom is -0.497 e. The highest BCUT2D eigenvalue weighted by Gasteiger charge is 2.55. The van der Waals surface area contributed by atoms with Crippen molar-refractivity contribution in [2.24, 2.45) is 11.1 Å². The van der Waals surface area contributed by atoms with E-state index in [-0.39, 0.29) is 18.4 Å². The monoisotopic (exact) mass is 366 g/mol. The number of hydrogen-bond acceptors (Lipinski definition) is 6. The molecule has 0 spiro atoms. The van der Waals surface area contributed by atoms with Gasteiger partial charge in [0, 0.05) is 11.6 Å². The second-order valence-electron chi connectivity index (χ2n) is 6.29. The molecule has 7 heteroatoms. The summed E-state index contributed by atoms with van der Waals surface area (Å²) in [6, 6.07) is 14.6. The highest BCUT2D eigenvalue weighted by molar-refractivity contribution is 6.23. The second-order valence-corrected chi connectivity index (χ2v) is 6.29. The van der Waals surface area contributed by atoms with Crippen LogP contribution in [0.15, 0.2) is 53.7 Å². The first-order chi connectivity index (χ1) is 13.1. The van der Waals surface area contributed by atoms with Crippen molar-refractivity contribution in [3.05, 3.63) is 59.7 Å². The molecule has 27 heavy (non-hydrogen) atoms. The third-order valence-electron chi connectivity index (χ3n) is 4.77. The molecule has 0 saturated carbocycles. The minimum absolute atomic E-state index is 0.210. The molecular weight excluding hydrogens is 348 g/mol. The topological polar surface area (TPSA) is 77.4 Å². The lowest BCUT2D eigenvalue weighted by atomic mass is 9.93. The quantitative estimate of drug-likeness (QED) is 0.757. The van der Waals surface area contributed by atoms with E-state index in [1.54, 1.807) is 25.3 Å². The number of ether oxygens (including phenoxy) is 2. The van der Waals surface area contributed by atoms with E-state index < -0.39 is 12.0 Å². The Morgan fingerprint density at radius 2 is 1.81 bits per heavy atom. The highest BCUT2D eigenvalue weighted by Crippen LogP contribution is 2.36. The Kier molecular flexibility index (Phi) is 4.27. The molecule has 2 aliphatic rings. The van der Waals surface area contributed by atoms with Gasteiger partial charge in [-0.3, -0.25) is 14.5 Å². The summed E-state index contributed by atoms with van der Waals surface area (Å²) in [6.07, 6.45) is -0.928. The Morgan fingerprint density at radius 3 is 2.52 bits per heavy atom. The van der Waals surface area contributed by atoms with E-state index in [0.29, 0.717) is 22.8 Å². The number of imide groups is 1. The van der Waals surface area contributed by atoms with Crippen LogP contribution < -0.4 is 9.47 Å². The summed E-state index contributed by atoms with van der Waals surface area (Å²) in [4.78, 5) is 32.2. The Labute approximate surface area is 156 Å². The van der Waals surface area contributed by atoms with Crippen LogP contribution >= 0.6 is 0 Å². The van der Waals surface area contributed by atoms with Gasteiger partial charge in [-0.25, -0.2) is 0 Å². The number of hydrogen-bond donors (Lipinski definition) is 0. The lowest BCUT2D eigenvalue weighted by Crippen LogP contribution is -2.32. The van der Waals surface area contributed by atoms with Crippen molar-refractivity contribution in [2.45, 2.75) is 12.6 Å². The molecule has 2 aromatic carbocycles. The third-order valence-corrected chi connectivity index (χ3v) is 4.77. The summed E-state index contributed by atoms with van der Waals surface area (Å²) in [5.41, 5.74) is 1.88. The summed E-state index contributed by atoms with van der Waals surface area (Å²) >= 11 is 0. The van der Waals surface area contributed by atoms with Crippen molar-refractivity contribution >= 4 is 17.5 Å². The van der Waals surface area contributed by atoms with Gasteiger partial charge in [-0.2, -0.15) is 0 Å². The summed E-state index contributed by atoms with van der Waals surface area (Å²) in [5.74, 6) is -0.350. The average molecular weight is 366 g/mol. The molecule has 7 nitrogen and oxygen atoms in total. The fourth-order valence-corrected chi connectivity index (χ4v) is 3.39. The standard InChI is InChI=1S/C20H18N2O5/c1-25-13-8-9-14(15(10-13)26-2)17-16-18(27-21-17)20(24)22(19(16)23)11-12-6-4-3-5-7-12/h3-10,16,18H,11H2,1-2H3/t16-,18+/m1/s1. The van der Waals surface area contributed by atoms with Crippen LogP contribution in [0.5, 0.6) is 11.5 Å². The molecule has 2 amide bonds. The zero-order valence-electron chi connectivity index (χ0n) is 14.9. The van der Waals surface area contributed by atoms with Crippen LogP contribution in [0.2, 0.25) is 0 Å². The third kappa shape index (κ3) is 2.81. The van der Waals surface area contributed by atoms with Gasteiger partial charge in [0.05, 0.1) is 20.8 Å². The number of rotatable bonds is 5. The van der Waals surface area contributed by atoms with E-state index in [2.05, 4.69) is 5.16 Å². The summed E-state index contributed by atoms with van der Waals surface area (Å²) in [6.45, 7) is 0.210. The molecule has 2 aromatic rings. The highest BCUT2D eigenvalue weighted by atomic mass is 16.7. The molecule has 0 aliphatic carbocycles. The van der Waals surface area contributed by atoms with E-state index in [0.717, 1.165) is 5.56 Å². The molecular formula is C20H18N2O5. The molecule has 0 bridgehead atoms. The molecule has 2 atom stereocenters. The van der Waals surface area contributed by atoms with Crippen LogP contribution in [0.4, 0.5) is 0 Å². The maximum atomic E-state index is 13.0. The normalized spacial score (nSPS) is 21.0. The van der Waals surface area contributed by atoms with Crippen LogP contribution in [-0.4, -0.2) is 42.7 Å². The number of oxime groups is 1. The van der Waals surface area contributed by atoms with Crippen molar-refractivity contribution in [3.8, 4) is 11.5 Å². The molecule has 0 unspecified atom stereocenters. The van der Waals surface area contributed by atoms with Gasteiger partial charge < -0.3 is 14.3 Å². The lowest BCUT2D eigenvalue weighted by molar-refractivity contribution is -0.142. The van der Waals surface area contributed by atoms with E-state index >= 15 is 0 Å². The number of amides is 2. The molecule has 138 valence electrons. The summed E-state index contributed by atoms with van der Waals surface area (Å²) < 4.78 is 10.6. The van der Waals surface area contributed by atoms with Gasteiger partial charge in [0.1, 0.15) is 23.1 Å². The zero-order chi connectivity index (χ0) is 19.0. The molecule has 1 fully saturated rings.